The van der Waals surface area contributed by atoms with Crippen LogP contribution in [0.1, 0.15) is 20.8 Å². The Balaban J connectivity index is 4.02. The summed E-state index contributed by atoms with van der Waals surface area (Å²) in [6.07, 6.45) is -4.77. The maximum absolute atomic E-state index is 11.7. The average Bonchev–Trinajstić information content (AvgIpc) is 1.85. The Morgan fingerprint density at radius 2 is 1.67 bits per heavy atom. The van der Waals surface area contributed by atoms with Crippen molar-refractivity contribution in [1.82, 2.24) is 5.32 Å². The van der Waals surface area contributed by atoms with Gasteiger partial charge < -0.3 is 5.32 Å². The molecule has 1 atom stereocenters. The first-order valence-electron chi connectivity index (χ1n) is 3.63. The minimum absolute atomic E-state index is 0.00343. The molecular weight excluding hydrogens is 171 g/mol. The third kappa shape index (κ3) is 3.59. The van der Waals surface area contributed by atoms with Crippen molar-refractivity contribution in [2.75, 3.05) is 0 Å². The van der Waals surface area contributed by atoms with Crippen LogP contribution in [-0.4, -0.2) is 18.1 Å². The van der Waals surface area contributed by atoms with Gasteiger partial charge in [0.05, 0.1) is 0 Å². The molecule has 5 heteroatoms. The summed E-state index contributed by atoms with van der Waals surface area (Å²) < 4.78 is 35.0. The van der Waals surface area contributed by atoms with Crippen molar-refractivity contribution in [3.8, 4) is 0 Å². The molecule has 0 aliphatic heterocycles. The van der Waals surface area contributed by atoms with E-state index in [-0.39, 0.29) is 5.92 Å². The van der Waals surface area contributed by atoms with Crippen molar-refractivity contribution >= 4 is 5.91 Å². The number of rotatable bonds is 2. The van der Waals surface area contributed by atoms with Crippen molar-refractivity contribution in [2.24, 2.45) is 5.92 Å². The molecule has 0 aliphatic carbocycles. The monoisotopic (exact) mass is 183 g/mol. The topological polar surface area (TPSA) is 29.1 Å². The standard InChI is InChI=1S/C7H12F3NO/c1-4(2)5(3)11-6(12)7(8,9)10/h4-5H,1-3H3,(H,11,12). The highest BCUT2D eigenvalue weighted by Crippen LogP contribution is 2.15. The van der Waals surface area contributed by atoms with Gasteiger partial charge in [0.1, 0.15) is 0 Å². The van der Waals surface area contributed by atoms with Crippen LogP contribution in [0.2, 0.25) is 0 Å². The van der Waals surface area contributed by atoms with E-state index < -0.39 is 18.1 Å². The zero-order chi connectivity index (χ0) is 9.94. The zero-order valence-corrected chi connectivity index (χ0v) is 7.20. The highest BCUT2D eigenvalue weighted by Gasteiger charge is 2.39. The number of amides is 1. The third-order valence-electron chi connectivity index (χ3n) is 1.62. The Morgan fingerprint density at radius 1 is 1.25 bits per heavy atom. The summed E-state index contributed by atoms with van der Waals surface area (Å²) in [6.45, 7) is 5.01. The Labute approximate surface area is 69.1 Å². The second-order valence-corrected chi connectivity index (χ2v) is 3.00. The fourth-order valence-electron chi connectivity index (χ4n) is 0.455. The molecule has 0 aromatic rings. The molecule has 2 nitrogen and oxygen atoms in total. The van der Waals surface area contributed by atoms with Gasteiger partial charge in [0, 0.05) is 6.04 Å². The maximum atomic E-state index is 11.7. The van der Waals surface area contributed by atoms with Crippen LogP contribution in [-0.2, 0) is 4.79 Å². The molecule has 1 unspecified atom stereocenters. The minimum atomic E-state index is -4.77. The number of hydrogen-bond acceptors (Lipinski definition) is 1. The number of alkyl halides is 3. The summed E-state index contributed by atoms with van der Waals surface area (Å²) in [6, 6.07) is -0.459. The van der Waals surface area contributed by atoms with Crippen LogP contribution in [0.25, 0.3) is 0 Å². The van der Waals surface area contributed by atoms with Crippen molar-refractivity contribution in [3.63, 3.8) is 0 Å². The highest BCUT2D eigenvalue weighted by molar-refractivity contribution is 5.81. The van der Waals surface area contributed by atoms with Gasteiger partial charge in [0.25, 0.3) is 0 Å². The van der Waals surface area contributed by atoms with Crippen molar-refractivity contribution in [3.05, 3.63) is 0 Å². The van der Waals surface area contributed by atoms with Gasteiger partial charge in [0.15, 0.2) is 0 Å². The second-order valence-electron chi connectivity index (χ2n) is 3.00. The Kier molecular flexibility index (Phi) is 3.55. The summed E-state index contributed by atoms with van der Waals surface area (Å²) >= 11 is 0. The zero-order valence-electron chi connectivity index (χ0n) is 7.20. The molecule has 12 heavy (non-hydrogen) atoms. The quantitative estimate of drug-likeness (QED) is 0.693. The van der Waals surface area contributed by atoms with Crippen LogP contribution < -0.4 is 5.32 Å². The predicted octanol–water partition coefficient (Wildman–Crippen LogP) is 1.71. The van der Waals surface area contributed by atoms with Gasteiger partial charge in [0.2, 0.25) is 0 Å². The third-order valence-corrected chi connectivity index (χ3v) is 1.62. The molecule has 0 aromatic heterocycles. The largest absolute Gasteiger partial charge is 0.471 e. The van der Waals surface area contributed by atoms with Gasteiger partial charge in [-0.1, -0.05) is 13.8 Å². The van der Waals surface area contributed by atoms with Gasteiger partial charge in [-0.05, 0) is 12.8 Å². The Hall–Kier alpha value is -0.740. The number of nitrogens with one attached hydrogen (secondary N) is 1. The van der Waals surface area contributed by atoms with Crippen molar-refractivity contribution < 1.29 is 18.0 Å². The van der Waals surface area contributed by atoms with Crippen LogP contribution in [0.15, 0.2) is 0 Å². The fraction of sp³-hybridized carbons (Fsp3) is 0.857. The molecule has 0 saturated heterocycles. The normalized spacial score (nSPS) is 14.6. The molecule has 0 fully saturated rings. The lowest BCUT2D eigenvalue weighted by Gasteiger charge is -2.18. The molecule has 0 aliphatic rings. The van der Waals surface area contributed by atoms with E-state index in [0.717, 1.165) is 0 Å². The fourth-order valence-corrected chi connectivity index (χ4v) is 0.455. The minimum Gasteiger partial charge on any atom is -0.346 e. The van der Waals surface area contributed by atoms with E-state index in [1.54, 1.807) is 13.8 Å². The van der Waals surface area contributed by atoms with E-state index in [9.17, 15) is 18.0 Å². The molecule has 1 amide bonds. The van der Waals surface area contributed by atoms with Gasteiger partial charge >= 0.3 is 12.1 Å². The summed E-state index contributed by atoms with van der Waals surface area (Å²) in [5, 5.41) is 1.86. The lowest BCUT2D eigenvalue weighted by atomic mass is 10.1. The van der Waals surface area contributed by atoms with Crippen LogP contribution >= 0.6 is 0 Å². The smallest absolute Gasteiger partial charge is 0.346 e. The Morgan fingerprint density at radius 3 is 1.92 bits per heavy atom. The highest BCUT2D eigenvalue weighted by atomic mass is 19.4. The summed E-state index contributed by atoms with van der Waals surface area (Å²) in [4.78, 5) is 10.3. The van der Waals surface area contributed by atoms with Gasteiger partial charge in [-0.25, -0.2) is 0 Å². The van der Waals surface area contributed by atoms with Crippen molar-refractivity contribution in [2.45, 2.75) is 33.0 Å². The van der Waals surface area contributed by atoms with Crippen LogP contribution in [0, 0.1) is 5.92 Å². The first-order chi connectivity index (χ1) is 5.25. The van der Waals surface area contributed by atoms with Gasteiger partial charge in [-0.3, -0.25) is 4.79 Å². The molecule has 0 spiro atoms. The van der Waals surface area contributed by atoms with Crippen molar-refractivity contribution in [1.29, 1.82) is 0 Å². The molecule has 72 valence electrons. The van der Waals surface area contributed by atoms with Gasteiger partial charge in [-0.15, -0.1) is 0 Å². The summed E-state index contributed by atoms with van der Waals surface area (Å²) in [5.74, 6) is -1.88. The van der Waals surface area contributed by atoms with Gasteiger partial charge in [-0.2, -0.15) is 13.2 Å². The molecule has 1 N–H and O–H groups in total. The molecule has 0 radical (unpaired) electrons. The first kappa shape index (κ1) is 11.3. The molecular formula is C7H12F3NO. The number of hydrogen-bond donors (Lipinski definition) is 1. The predicted molar refractivity (Wildman–Crippen MR) is 38.5 cm³/mol. The van der Waals surface area contributed by atoms with Crippen LogP contribution in [0.4, 0.5) is 13.2 Å². The molecule has 0 heterocycles. The number of carbonyl (C=O) groups excluding carboxylic acids is 1. The summed E-state index contributed by atoms with van der Waals surface area (Å²) in [7, 11) is 0. The van der Waals surface area contributed by atoms with E-state index in [2.05, 4.69) is 0 Å². The maximum Gasteiger partial charge on any atom is 0.471 e. The number of carbonyl (C=O) groups is 1. The van der Waals surface area contributed by atoms with E-state index in [0.29, 0.717) is 0 Å². The first-order valence-corrected chi connectivity index (χ1v) is 3.63. The Bertz CT molecular complexity index is 165. The average molecular weight is 183 g/mol. The lowest BCUT2D eigenvalue weighted by Crippen LogP contribution is -2.43. The van der Waals surface area contributed by atoms with E-state index in [4.69, 9.17) is 0 Å². The summed E-state index contributed by atoms with van der Waals surface area (Å²) in [5.41, 5.74) is 0. The van der Waals surface area contributed by atoms with Crippen LogP contribution in [0.5, 0.6) is 0 Å². The SMILES string of the molecule is CC(C)C(C)NC(=O)C(F)(F)F. The van der Waals surface area contributed by atoms with E-state index >= 15 is 0 Å². The molecule has 0 rings (SSSR count). The van der Waals surface area contributed by atoms with Crippen LogP contribution in [0.3, 0.4) is 0 Å². The number of halogens is 3. The van der Waals surface area contributed by atoms with E-state index in [1.807, 2.05) is 5.32 Å². The molecule has 0 bridgehead atoms. The molecule has 0 saturated carbocycles. The lowest BCUT2D eigenvalue weighted by molar-refractivity contribution is -0.174. The second kappa shape index (κ2) is 3.78. The van der Waals surface area contributed by atoms with E-state index in [1.165, 1.54) is 6.92 Å². The molecule has 0 aromatic carbocycles.